The first kappa shape index (κ1) is 20.7. The molecular weight excluding hydrogens is 439 g/mol. The van der Waals surface area contributed by atoms with Crippen LogP contribution in [0.5, 0.6) is 5.75 Å². The van der Waals surface area contributed by atoms with E-state index in [1.807, 2.05) is 0 Å². The summed E-state index contributed by atoms with van der Waals surface area (Å²) >= 11 is 18.2. The largest absolute Gasteiger partial charge is 0.506 e. The maximum atomic E-state index is 12.6. The van der Waals surface area contributed by atoms with Gasteiger partial charge >= 0.3 is 0 Å². The van der Waals surface area contributed by atoms with Crippen LogP contribution in [0, 0.1) is 0 Å². The lowest BCUT2D eigenvalue weighted by atomic mass is 10.2. The molecule has 5 nitrogen and oxygen atoms in total. The predicted octanol–water partition coefficient (Wildman–Crippen LogP) is 4.93. The number of anilines is 1. The molecule has 1 saturated heterocycles. The third-order valence-electron chi connectivity index (χ3n) is 3.84. The predicted molar refractivity (Wildman–Crippen MR) is 118 cm³/mol. The molecular formula is C19H14Cl2N2O3S2. The number of carbonyl (C=O) groups excluding carboxylic acids is 2. The second kappa shape index (κ2) is 8.96. The number of thiocarbonyl (C=S) groups is 1. The number of nitrogens with one attached hydrogen (secondary N) is 1. The smallest absolute Gasteiger partial charge is 0.266 e. The van der Waals surface area contributed by atoms with Gasteiger partial charge in [0, 0.05) is 23.0 Å². The lowest BCUT2D eigenvalue weighted by molar-refractivity contribution is -0.122. The van der Waals surface area contributed by atoms with E-state index in [4.69, 9.17) is 35.4 Å². The van der Waals surface area contributed by atoms with Crippen molar-refractivity contribution in [3.05, 3.63) is 63.0 Å². The summed E-state index contributed by atoms with van der Waals surface area (Å²) in [6, 6.07) is 11.4. The van der Waals surface area contributed by atoms with Gasteiger partial charge in [0.1, 0.15) is 10.1 Å². The molecule has 3 rings (SSSR count). The third-order valence-corrected chi connectivity index (χ3v) is 5.70. The van der Waals surface area contributed by atoms with Gasteiger partial charge in [0.25, 0.3) is 5.91 Å². The van der Waals surface area contributed by atoms with E-state index in [0.29, 0.717) is 19.3 Å². The van der Waals surface area contributed by atoms with Gasteiger partial charge < -0.3 is 10.4 Å². The Balaban J connectivity index is 1.62. The summed E-state index contributed by atoms with van der Waals surface area (Å²) in [5.41, 5.74) is 1.05. The van der Waals surface area contributed by atoms with Crippen LogP contribution in [0.1, 0.15) is 12.0 Å². The van der Waals surface area contributed by atoms with Crippen LogP contribution in [0.25, 0.3) is 6.08 Å². The minimum absolute atomic E-state index is 0.0205. The van der Waals surface area contributed by atoms with Crippen LogP contribution < -0.4 is 5.32 Å². The van der Waals surface area contributed by atoms with E-state index >= 15 is 0 Å². The maximum absolute atomic E-state index is 12.6. The van der Waals surface area contributed by atoms with Crippen molar-refractivity contribution in [1.82, 2.24) is 4.90 Å². The number of thioether (sulfide) groups is 1. The van der Waals surface area contributed by atoms with Crippen molar-refractivity contribution in [2.45, 2.75) is 6.42 Å². The zero-order valence-corrected chi connectivity index (χ0v) is 17.5. The lowest BCUT2D eigenvalue weighted by Crippen LogP contribution is -2.31. The molecule has 0 bridgehead atoms. The highest BCUT2D eigenvalue weighted by Gasteiger charge is 2.32. The van der Waals surface area contributed by atoms with Gasteiger partial charge in [-0.1, -0.05) is 59.3 Å². The molecule has 0 aliphatic carbocycles. The Morgan fingerprint density at radius 3 is 2.57 bits per heavy atom. The molecule has 2 amide bonds. The standard InChI is InChI=1S/C19H14Cl2N2O3S2/c20-12-3-1-11(2-4-12)9-16-18(26)23(19(27)28-16)8-7-17(25)22-14-10-13(21)5-6-15(14)24/h1-6,9-10,24H,7-8H2,(H,22,25). The van der Waals surface area contributed by atoms with Crippen LogP contribution in [0.15, 0.2) is 47.4 Å². The molecule has 1 aliphatic heterocycles. The zero-order chi connectivity index (χ0) is 20.3. The molecule has 0 spiro atoms. The summed E-state index contributed by atoms with van der Waals surface area (Å²) < 4.78 is 0.392. The van der Waals surface area contributed by atoms with E-state index in [1.165, 1.54) is 34.9 Å². The Hall–Kier alpha value is -2.06. The highest BCUT2D eigenvalue weighted by Crippen LogP contribution is 2.33. The number of nitrogens with zero attached hydrogens (tertiary/aromatic N) is 1. The average molecular weight is 453 g/mol. The van der Waals surface area contributed by atoms with Crippen LogP contribution in [-0.2, 0) is 9.59 Å². The molecule has 0 saturated carbocycles. The highest BCUT2D eigenvalue weighted by molar-refractivity contribution is 8.26. The highest BCUT2D eigenvalue weighted by atomic mass is 35.5. The number of hydrogen-bond acceptors (Lipinski definition) is 5. The number of carbonyl (C=O) groups is 2. The minimum atomic E-state index is -0.367. The van der Waals surface area contributed by atoms with E-state index in [9.17, 15) is 14.7 Å². The van der Waals surface area contributed by atoms with Crippen molar-refractivity contribution in [3.8, 4) is 5.75 Å². The van der Waals surface area contributed by atoms with Crippen LogP contribution in [0.2, 0.25) is 10.0 Å². The van der Waals surface area contributed by atoms with Gasteiger partial charge in [-0.15, -0.1) is 0 Å². The van der Waals surface area contributed by atoms with Gasteiger partial charge in [-0.25, -0.2) is 0 Å². The van der Waals surface area contributed by atoms with Crippen molar-refractivity contribution >= 4 is 75.1 Å². The lowest BCUT2D eigenvalue weighted by Gasteiger charge is -2.14. The summed E-state index contributed by atoms with van der Waals surface area (Å²) in [5.74, 6) is -0.703. The van der Waals surface area contributed by atoms with E-state index in [0.717, 1.165) is 5.56 Å². The Labute approximate surface area is 181 Å². The molecule has 28 heavy (non-hydrogen) atoms. The molecule has 2 aromatic carbocycles. The topological polar surface area (TPSA) is 69.6 Å². The monoisotopic (exact) mass is 452 g/mol. The van der Waals surface area contributed by atoms with Gasteiger partial charge in [-0.05, 0) is 42.0 Å². The van der Waals surface area contributed by atoms with Crippen LogP contribution >= 0.6 is 47.2 Å². The molecule has 0 radical (unpaired) electrons. The second-order valence-electron chi connectivity index (χ2n) is 5.84. The Bertz CT molecular complexity index is 978. The first-order valence-electron chi connectivity index (χ1n) is 8.13. The molecule has 1 aliphatic rings. The average Bonchev–Trinajstić information content (AvgIpc) is 2.91. The Morgan fingerprint density at radius 1 is 1.18 bits per heavy atom. The fourth-order valence-electron chi connectivity index (χ4n) is 2.44. The van der Waals surface area contributed by atoms with E-state index in [-0.39, 0.29) is 36.2 Å². The molecule has 2 aromatic rings. The van der Waals surface area contributed by atoms with Gasteiger partial charge in [-0.2, -0.15) is 0 Å². The maximum Gasteiger partial charge on any atom is 0.266 e. The first-order chi connectivity index (χ1) is 13.3. The zero-order valence-electron chi connectivity index (χ0n) is 14.3. The molecule has 0 atom stereocenters. The third kappa shape index (κ3) is 5.05. The second-order valence-corrected chi connectivity index (χ2v) is 8.39. The van der Waals surface area contributed by atoms with Crippen LogP contribution in [0.3, 0.4) is 0 Å². The number of rotatable bonds is 5. The Morgan fingerprint density at radius 2 is 1.86 bits per heavy atom. The van der Waals surface area contributed by atoms with Crippen molar-refractivity contribution in [2.24, 2.45) is 0 Å². The fourth-order valence-corrected chi connectivity index (χ4v) is 4.04. The summed E-state index contributed by atoms with van der Waals surface area (Å²) in [6.07, 6.45) is 1.76. The van der Waals surface area contributed by atoms with Crippen molar-refractivity contribution < 1.29 is 14.7 Å². The van der Waals surface area contributed by atoms with Gasteiger partial charge in [0.05, 0.1) is 10.6 Å². The molecule has 9 heteroatoms. The number of phenolic OH excluding ortho intramolecular Hbond substituents is 1. The van der Waals surface area contributed by atoms with E-state index in [2.05, 4.69) is 5.32 Å². The fraction of sp³-hybridized carbons (Fsp3) is 0.105. The van der Waals surface area contributed by atoms with Crippen molar-refractivity contribution in [1.29, 1.82) is 0 Å². The van der Waals surface area contributed by atoms with Crippen LogP contribution in [-0.4, -0.2) is 32.7 Å². The van der Waals surface area contributed by atoms with Crippen molar-refractivity contribution in [3.63, 3.8) is 0 Å². The van der Waals surface area contributed by atoms with Crippen LogP contribution in [0.4, 0.5) is 5.69 Å². The number of halogens is 2. The number of amides is 2. The van der Waals surface area contributed by atoms with Gasteiger partial charge in [-0.3, -0.25) is 14.5 Å². The Kier molecular flexibility index (Phi) is 6.61. The normalized spacial score (nSPS) is 15.4. The number of hydrogen-bond donors (Lipinski definition) is 2. The summed E-state index contributed by atoms with van der Waals surface area (Å²) in [7, 11) is 0. The van der Waals surface area contributed by atoms with E-state index in [1.54, 1.807) is 30.3 Å². The van der Waals surface area contributed by atoms with Gasteiger partial charge in [0.15, 0.2) is 0 Å². The molecule has 144 valence electrons. The number of benzene rings is 2. The molecule has 1 heterocycles. The minimum Gasteiger partial charge on any atom is -0.506 e. The molecule has 0 unspecified atom stereocenters. The summed E-state index contributed by atoms with van der Waals surface area (Å²) in [4.78, 5) is 26.6. The number of phenols is 1. The van der Waals surface area contributed by atoms with Crippen molar-refractivity contribution in [2.75, 3.05) is 11.9 Å². The summed E-state index contributed by atoms with van der Waals surface area (Å²) in [5, 5.41) is 13.3. The molecule has 1 fully saturated rings. The quantitative estimate of drug-likeness (QED) is 0.382. The SMILES string of the molecule is O=C(CCN1C(=O)C(=Cc2ccc(Cl)cc2)SC1=S)Nc1cc(Cl)ccc1O. The number of aromatic hydroxyl groups is 1. The molecule has 0 aromatic heterocycles. The van der Waals surface area contributed by atoms with E-state index < -0.39 is 0 Å². The first-order valence-corrected chi connectivity index (χ1v) is 10.1. The molecule has 2 N–H and O–H groups in total. The van der Waals surface area contributed by atoms with Gasteiger partial charge in [0.2, 0.25) is 5.91 Å². The summed E-state index contributed by atoms with van der Waals surface area (Å²) in [6.45, 7) is 0.135.